The zero-order valence-electron chi connectivity index (χ0n) is 15.2. The molecule has 3 rings (SSSR count). The molecule has 2 aromatic heterocycles. The number of fused-ring (bicyclic) bond motifs is 1. The molecule has 1 amide bonds. The summed E-state index contributed by atoms with van der Waals surface area (Å²) < 4.78 is 5.73. The van der Waals surface area contributed by atoms with Crippen LogP contribution in [0, 0.1) is 11.8 Å². The van der Waals surface area contributed by atoms with Gasteiger partial charge in [0.05, 0.1) is 17.6 Å². The summed E-state index contributed by atoms with van der Waals surface area (Å²) in [7, 11) is 0. The molecule has 0 fully saturated rings. The Bertz CT molecular complexity index is 989. The van der Waals surface area contributed by atoms with E-state index in [0.29, 0.717) is 24.4 Å². The van der Waals surface area contributed by atoms with Gasteiger partial charge in [-0.25, -0.2) is 4.98 Å². The van der Waals surface area contributed by atoms with E-state index in [4.69, 9.17) is 4.74 Å². The maximum atomic E-state index is 12.4. The average Bonchev–Trinajstić information content (AvgIpc) is 2.72. The number of amides is 1. The van der Waals surface area contributed by atoms with Crippen molar-refractivity contribution in [3.63, 3.8) is 0 Å². The molecule has 2 heterocycles. The standard InChI is InChI=1S/C22H21N3O2/c1-2-3-4-5-14-27-18-9-6-8-17(15-18)16-24-22(26)21-12-11-19-20(25-21)10-7-13-23-19/h6-13,15H,4-5,14,16H2,1H3,(H,24,26). The molecule has 0 atom stereocenters. The molecule has 1 N–H and O–H groups in total. The first-order chi connectivity index (χ1) is 13.3. The highest BCUT2D eigenvalue weighted by molar-refractivity contribution is 5.94. The third-order valence-electron chi connectivity index (χ3n) is 3.93. The normalized spacial score (nSPS) is 10.1. The average molecular weight is 359 g/mol. The Morgan fingerprint density at radius 1 is 1.15 bits per heavy atom. The SMILES string of the molecule is CC#CCCCOc1cccc(CNC(=O)c2ccc3ncccc3n2)c1. The number of unbranched alkanes of at least 4 members (excludes halogenated alkanes) is 1. The van der Waals surface area contributed by atoms with Gasteiger partial charge in [0.15, 0.2) is 0 Å². The van der Waals surface area contributed by atoms with Crippen molar-refractivity contribution in [3.05, 3.63) is 66.0 Å². The predicted molar refractivity (Wildman–Crippen MR) is 105 cm³/mol. The molecular formula is C22H21N3O2. The molecule has 0 unspecified atom stereocenters. The van der Waals surface area contributed by atoms with Gasteiger partial charge in [0, 0.05) is 19.2 Å². The van der Waals surface area contributed by atoms with Gasteiger partial charge in [-0.3, -0.25) is 9.78 Å². The second kappa shape index (κ2) is 9.35. The topological polar surface area (TPSA) is 64.1 Å². The van der Waals surface area contributed by atoms with Crippen molar-refractivity contribution in [2.45, 2.75) is 26.3 Å². The fraction of sp³-hybridized carbons (Fsp3) is 0.227. The van der Waals surface area contributed by atoms with E-state index in [0.717, 1.165) is 29.7 Å². The summed E-state index contributed by atoms with van der Waals surface area (Å²) >= 11 is 0. The van der Waals surface area contributed by atoms with Crippen molar-refractivity contribution in [2.75, 3.05) is 6.61 Å². The van der Waals surface area contributed by atoms with Crippen molar-refractivity contribution in [2.24, 2.45) is 0 Å². The highest BCUT2D eigenvalue weighted by atomic mass is 16.5. The Hall–Kier alpha value is -3.39. The van der Waals surface area contributed by atoms with Gasteiger partial charge in [-0.15, -0.1) is 11.8 Å². The van der Waals surface area contributed by atoms with Crippen LogP contribution in [0.4, 0.5) is 0 Å². The Kier molecular flexibility index (Phi) is 6.37. The molecule has 0 aliphatic carbocycles. The molecule has 0 radical (unpaired) electrons. The minimum absolute atomic E-state index is 0.217. The number of benzene rings is 1. The first-order valence-corrected chi connectivity index (χ1v) is 8.87. The number of carbonyl (C=O) groups excluding carboxylic acids is 1. The van der Waals surface area contributed by atoms with Gasteiger partial charge in [-0.1, -0.05) is 12.1 Å². The summed E-state index contributed by atoms with van der Waals surface area (Å²) in [6.07, 6.45) is 3.43. The fourth-order valence-electron chi connectivity index (χ4n) is 2.58. The smallest absolute Gasteiger partial charge is 0.270 e. The Balaban J connectivity index is 1.56. The number of hydrogen-bond acceptors (Lipinski definition) is 4. The van der Waals surface area contributed by atoms with Crippen LogP contribution in [0.25, 0.3) is 11.0 Å². The van der Waals surface area contributed by atoms with Crippen LogP contribution in [-0.4, -0.2) is 22.5 Å². The Morgan fingerprint density at radius 2 is 2.07 bits per heavy atom. The van der Waals surface area contributed by atoms with E-state index in [9.17, 15) is 4.79 Å². The van der Waals surface area contributed by atoms with Crippen molar-refractivity contribution in [1.82, 2.24) is 15.3 Å². The van der Waals surface area contributed by atoms with Gasteiger partial charge in [-0.05, 0) is 55.3 Å². The number of carbonyl (C=O) groups is 1. The minimum Gasteiger partial charge on any atom is -0.494 e. The molecule has 0 saturated carbocycles. The van der Waals surface area contributed by atoms with E-state index in [-0.39, 0.29) is 5.91 Å². The molecule has 1 aromatic carbocycles. The van der Waals surface area contributed by atoms with Gasteiger partial charge >= 0.3 is 0 Å². The highest BCUT2D eigenvalue weighted by Crippen LogP contribution is 2.14. The van der Waals surface area contributed by atoms with Gasteiger partial charge < -0.3 is 10.1 Å². The largest absolute Gasteiger partial charge is 0.494 e. The molecule has 0 saturated heterocycles. The van der Waals surface area contributed by atoms with Crippen molar-refractivity contribution < 1.29 is 9.53 Å². The Morgan fingerprint density at radius 3 is 2.96 bits per heavy atom. The lowest BCUT2D eigenvalue weighted by Gasteiger charge is -2.09. The molecule has 0 spiro atoms. The lowest BCUT2D eigenvalue weighted by atomic mass is 10.2. The first kappa shape index (κ1) is 18.4. The van der Waals surface area contributed by atoms with Crippen molar-refractivity contribution >= 4 is 16.9 Å². The number of pyridine rings is 2. The molecule has 0 bridgehead atoms. The summed E-state index contributed by atoms with van der Waals surface area (Å²) in [6.45, 7) is 2.87. The van der Waals surface area contributed by atoms with E-state index >= 15 is 0 Å². The van der Waals surface area contributed by atoms with Crippen LogP contribution in [0.1, 0.15) is 35.8 Å². The minimum atomic E-state index is -0.217. The number of hydrogen-bond donors (Lipinski definition) is 1. The zero-order valence-corrected chi connectivity index (χ0v) is 15.2. The number of ether oxygens (including phenoxy) is 1. The molecule has 5 heteroatoms. The number of nitrogens with one attached hydrogen (secondary N) is 1. The third-order valence-corrected chi connectivity index (χ3v) is 3.93. The number of rotatable bonds is 7. The van der Waals surface area contributed by atoms with Crippen LogP contribution in [0.5, 0.6) is 5.75 Å². The van der Waals surface area contributed by atoms with E-state index in [1.54, 1.807) is 24.4 Å². The van der Waals surface area contributed by atoms with Gasteiger partial charge in [0.2, 0.25) is 0 Å². The fourth-order valence-corrected chi connectivity index (χ4v) is 2.58. The summed E-state index contributed by atoms with van der Waals surface area (Å²) in [5.74, 6) is 6.46. The molecule has 136 valence electrons. The van der Waals surface area contributed by atoms with E-state index < -0.39 is 0 Å². The lowest BCUT2D eigenvalue weighted by molar-refractivity contribution is 0.0946. The first-order valence-electron chi connectivity index (χ1n) is 8.87. The lowest BCUT2D eigenvalue weighted by Crippen LogP contribution is -2.23. The van der Waals surface area contributed by atoms with Gasteiger partial charge in [0.25, 0.3) is 5.91 Å². The Labute approximate surface area is 158 Å². The van der Waals surface area contributed by atoms with Crippen LogP contribution in [0.2, 0.25) is 0 Å². The number of aromatic nitrogens is 2. The zero-order chi connectivity index (χ0) is 18.9. The summed E-state index contributed by atoms with van der Waals surface area (Å²) in [5.41, 5.74) is 2.81. The quantitative estimate of drug-likeness (QED) is 0.515. The summed E-state index contributed by atoms with van der Waals surface area (Å²) in [6, 6.07) is 14.8. The van der Waals surface area contributed by atoms with Gasteiger partial charge in [0.1, 0.15) is 11.4 Å². The number of nitrogens with zero attached hydrogens (tertiary/aromatic N) is 2. The highest BCUT2D eigenvalue weighted by Gasteiger charge is 2.08. The van der Waals surface area contributed by atoms with E-state index in [1.807, 2.05) is 37.3 Å². The van der Waals surface area contributed by atoms with Crippen LogP contribution in [0.3, 0.4) is 0 Å². The molecular weight excluding hydrogens is 338 g/mol. The van der Waals surface area contributed by atoms with Crippen LogP contribution in [0.15, 0.2) is 54.7 Å². The van der Waals surface area contributed by atoms with Crippen LogP contribution < -0.4 is 10.1 Å². The summed E-state index contributed by atoms with van der Waals surface area (Å²) in [5, 5.41) is 2.90. The van der Waals surface area contributed by atoms with E-state index in [1.165, 1.54) is 0 Å². The van der Waals surface area contributed by atoms with Crippen molar-refractivity contribution in [1.29, 1.82) is 0 Å². The molecule has 0 aliphatic heterocycles. The molecule has 0 aliphatic rings. The second-order valence-corrected chi connectivity index (χ2v) is 5.95. The molecule has 3 aromatic rings. The van der Waals surface area contributed by atoms with Crippen LogP contribution in [-0.2, 0) is 6.54 Å². The summed E-state index contributed by atoms with van der Waals surface area (Å²) in [4.78, 5) is 21.0. The van der Waals surface area contributed by atoms with Crippen LogP contribution >= 0.6 is 0 Å². The van der Waals surface area contributed by atoms with E-state index in [2.05, 4.69) is 27.1 Å². The third kappa shape index (κ3) is 5.29. The maximum Gasteiger partial charge on any atom is 0.270 e. The molecule has 5 nitrogen and oxygen atoms in total. The predicted octanol–water partition coefficient (Wildman–Crippen LogP) is 3.74. The maximum absolute atomic E-state index is 12.4. The molecule has 27 heavy (non-hydrogen) atoms. The second-order valence-electron chi connectivity index (χ2n) is 5.95. The van der Waals surface area contributed by atoms with Crippen molar-refractivity contribution in [3.8, 4) is 17.6 Å². The monoisotopic (exact) mass is 359 g/mol. The van der Waals surface area contributed by atoms with Gasteiger partial charge in [-0.2, -0.15) is 0 Å².